The molecule has 4 heteroatoms. The van der Waals surface area contributed by atoms with Crippen LogP contribution >= 0.6 is 0 Å². The fourth-order valence-corrected chi connectivity index (χ4v) is 4.55. The van der Waals surface area contributed by atoms with E-state index in [1.165, 1.54) is 5.56 Å². The molecule has 3 rings (SSSR count). The lowest BCUT2D eigenvalue weighted by atomic mass is 9.79. The van der Waals surface area contributed by atoms with Crippen LogP contribution in [0.5, 0.6) is 0 Å². The molecule has 1 saturated heterocycles. The van der Waals surface area contributed by atoms with Crippen LogP contribution in [0.1, 0.15) is 57.4 Å². The van der Waals surface area contributed by atoms with Crippen LogP contribution in [0, 0.1) is 11.8 Å². The van der Waals surface area contributed by atoms with Gasteiger partial charge in [0.2, 0.25) is 5.91 Å². The van der Waals surface area contributed by atoms with E-state index in [9.17, 15) is 9.59 Å². The Morgan fingerprint density at radius 3 is 2.17 bits per heavy atom. The third-order valence-electron chi connectivity index (χ3n) is 6.08. The standard InChI is InChI=1S/C20H27NO3/c1-20(2)17(14-6-4-3-5-7-14)12-13-21(20)18(22)15-8-10-16(11-9-15)19(23)24/h3-7,15-17H,8-13H2,1-2H3,(H,23,24). The maximum Gasteiger partial charge on any atom is 0.306 e. The molecule has 0 radical (unpaired) electrons. The molecule has 1 aliphatic carbocycles. The van der Waals surface area contributed by atoms with Crippen LogP contribution in [0.25, 0.3) is 0 Å². The second-order valence-corrected chi connectivity index (χ2v) is 7.78. The van der Waals surface area contributed by atoms with Crippen molar-refractivity contribution in [2.45, 2.75) is 57.4 Å². The van der Waals surface area contributed by atoms with Gasteiger partial charge < -0.3 is 10.0 Å². The summed E-state index contributed by atoms with van der Waals surface area (Å²) in [6.45, 7) is 5.13. The molecule has 1 heterocycles. The highest BCUT2D eigenvalue weighted by Crippen LogP contribution is 2.43. The summed E-state index contributed by atoms with van der Waals surface area (Å²) in [7, 11) is 0. The highest BCUT2D eigenvalue weighted by Gasteiger charge is 2.46. The number of rotatable bonds is 3. The lowest BCUT2D eigenvalue weighted by Gasteiger charge is -2.39. The van der Waals surface area contributed by atoms with Gasteiger partial charge in [-0.2, -0.15) is 0 Å². The quantitative estimate of drug-likeness (QED) is 0.920. The second kappa shape index (κ2) is 6.58. The average molecular weight is 329 g/mol. The van der Waals surface area contributed by atoms with Crippen molar-refractivity contribution in [2.24, 2.45) is 11.8 Å². The van der Waals surface area contributed by atoms with Crippen molar-refractivity contribution in [1.82, 2.24) is 4.90 Å². The topological polar surface area (TPSA) is 57.6 Å². The van der Waals surface area contributed by atoms with Gasteiger partial charge in [0.15, 0.2) is 0 Å². The van der Waals surface area contributed by atoms with Gasteiger partial charge in [0.25, 0.3) is 0 Å². The Bertz CT molecular complexity index is 603. The van der Waals surface area contributed by atoms with Crippen LogP contribution in [-0.4, -0.2) is 34.0 Å². The Morgan fingerprint density at radius 1 is 1.00 bits per heavy atom. The second-order valence-electron chi connectivity index (χ2n) is 7.78. The van der Waals surface area contributed by atoms with Crippen LogP contribution in [0.2, 0.25) is 0 Å². The first-order valence-corrected chi connectivity index (χ1v) is 9.00. The lowest BCUT2D eigenvalue weighted by molar-refractivity contribution is -0.146. The van der Waals surface area contributed by atoms with Gasteiger partial charge in [-0.1, -0.05) is 30.3 Å². The third kappa shape index (κ3) is 3.06. The van der Waals surface area contributed by atoms with Crippen LogP contribution in [0.15, 0.2) is 30.3 Å². The van der Waals surface area contributed by atoms with Gasteiger partial charge in [0.05, 0.1) is 5.92 Å². The molecule has 1 atom stereocenters. The molecular weight excluding hydrogens is 302 g/mol. The van der Waals surface area contributed by atoms with Gasteiger partial charge in [0.1, 0.15) is 0 Å². The number of nitrogens with zero attached hydrogens (tertiary/aromatic N) is 1. The summed E-state index contributed by atoms with van der Waals surface area (Å²) in [5.41, 5.74) is 1.11. The number of aliphatic carboxylic acids is 1. The fourth-order valence-electron chi connectivity index (χ4n) is 4.55. The summed E-state index contributed by atoms with van der Waals surface area (Å²) < 4.78 is 0. The molecule has 1 saturated carbocycles. The van der Waals surface area contributed by atoms with Crippen molar-refractivity contribution in [3.05, 3.63) is 35.9 Å². The Hall–Kier alpha value is -1.84. The molecule has 2 fully saturated rings. The van der Waals surface area contributed by atoms with Gasteiger partial charge in [0, 0.05) is 23.9 Å². The third-order valence-corrected chi connectivity index (χ3v) is 6.08. The highest BCUT2D eigenvalue weighted by molar-refractivity contribution is 5.81. The van der Waals surface area contributed by atoms with Crippen LogP contribution in [-0.2, 0) is 9.59 Å². The van der Waals surface area contributed by atoms with E-state index in [4.69, 9.17) is 5.11 Å². The number of hydrogen-bond acceptors (Lipinski definition) is 2. The van der Waals surface area contributed by atoms with Crippen molar-refractivity contribution in [3.8, 4) is 0 Å². The zero-order valence-electron chi connectivity index (χ0n) is 14.6. The summed E-state index contributed by atoms with van der Waals surface area (Å²) in [6.07, 6.45) is 3.66. The number of carbonyl (C=O) groups excluding carboxylic acids is 1. The average Bonchev–Trinajstić information content (AvgIpc) is 2.90. The molecule has 1 aliphatic heterocycles. The molecule has 1 unspecified atom stereocenters. The fraction of sp³-hybridized carbons (Fsp3) is 0.600. The first-order chi connectivity index (χ1) is 11.4. The van der Waals surface area contributed by atoms with Crippen molar-refractivity contribution in [1.29, 1.82) is 0 Å². The van der Waals surface area contributed by atoms with E-state index in [1.54, 1.807) is 0 Å². The van der Waals surface area contributed by atoms with Gasteiger partial charge in [-0.15, -0.1) is 0 Å². The van der Waals surface area contributed by atoms with Crippen LogP contribution in [0.3, 0.4) is 0 Å². The lowest BCUT2D eigenvalue weighted by Crippen LogP contribution is -2.48. The Balaban J connectivity index is 1.69. The van der Waals surface area contributed by atoms with Crippen molar-refractivity contribution in [3.63, 3.8) is 0 Å². The van der Waals surface area contributed by atoms with E-state index in [0.29, 0.717) is 31.6 Å². The maximum absolute atomic E-state index is 13.0. The summed E-state index contributed by atoms with van der Waals surface area (Å²) in [5, 5.41) is 9.12. The SMILES string of the molecule is CC1(C)C(c2ccccc2)CCN1C(=O)C1CCC(C(=O)O)CC1. The Kier molecular flexibility index (Phi) is 4.66. The van der Waals surface area contributed by atoms with Crippen molar-refractivity contribution in [2.75, 3.05) is 6.54 Å². The van der Waals surface area contributed by atoms with E-state index in [0.717, 1.165) is 13.0 Å². The molecule has 1 aromatic carbocycles. The van der Waals surface area contributed by atoms with Crippen LogP contribution in [0.4, 0.5) is 0 Å². The summed E-state index contributed by atoms with van der Waals surface area (Å²) >= 11 is 0. The number of likely N-dealkylation sites (tertiary alicyclic amines) is 1. The molecular formula is C20H27NO3. The Morgan fingerprint density at radius 2 is 1.58 bits per heavy atom. The van der Waals surface area contributed by atoms with Crippen molar-refractivity contribution >= 4 is 11.9 Å². The minimum atomic E-state index is -0.716. The van der Waals surface area contributed by atoms with E-state index in [1.807, 2.05) is 6.07 Å². The maximum atomic E-state index is 13.0. The van der Waals surface area contributed by atoms with Gasteiger partial charge >= 0.3 is 5.97 Å². The van der Waals surface area contributed by atoms with E-state index in [-0.39, 0.29) is 23.3 Å². The molecule has 0 bridgehead atoms. The molecule has 130 valence electrons. The van der Waals surface area contributed by atoms with Gasteiger partial charge in [-0.3, -0.25) is 9.59 Å². The molecule has 4 nitrogen and oxygen atoms in total. The number of hydrogen-bond donors (Lipinski definition) is 1. The number of carbonyl (C=O) groups is 2. The summed E-state index contributed by atoms with van der Waals surface area (Å²) in [5.74, 6) is -0.404. The van der Waals surface area contributed by atoms with E-state index < -0.39 is 5.97 Å². The summed E-state index contributed by atoms with van der Waals surface area (Å²) in [6, 6.07) is 10.4. The predicted molar refractivity (Wildman–Crippen MR) is 92.7 cm³/mol. The smallest absolute Gasteiger partial charge is 0.306 e. The molecule has 1 N–H and O–H groups in total. The molecule has 0 aromatic heterocycles. The summed E-state index contributed by atoms with van der Waals surface area (Å²) in [4.78, 5) is 26.2. The highest BCUT2D eigenvalue weighted by atomic mass is 16.4. The molecule has 24 heavy (non-hydrogen) atoms. The minimum Gasteiger partial charge on any atom is -0.481 e. The van der Waals surface area contributed by atoms with Crippen molar-refractivity contribution < 1.29 is 14.7 Å². The number of carboxylic acids is 1. The predicted octanol–water partition coefficient (Wildman–Crippen LogP) is 3.67. The van der Waals surface area contributed by atoms with E-state index in [2.05, 4.69) is 43.0 Å². The first kappa shape index (κ1) is 17.0. The molecule has 1 amide bonds. The molecule has 1 aromatic rings. The van der Waals surface area contributed by atoms with Crippen LogP contribution < -0.4 is 0 Å². The zero-order valence-corrected chi connectivity index (χ0v) is 14.6. The monoisotopic (exact) mass is 329 g/mol. The number of benzene rings is 1. The largest absolute Gasteiger partial charge is 0.481 e. The van der Waals surface area contributed by atoms with E-state index >= 15 is 0 Å². The number of amides is 1. The zero-order chi connectivity index (χ0) is 17.3. The Labute approximate surface area is 143 Å². The molecule has 2 aliphatic rings. The molecule has 0 spiro atoms. The van der Waals surface area contributed by atoms with Gasteiger partial charge in [-0.05, 0) is 51.5 Å². The minimum absolute atomic E-state index is 0.00519. The van der Waals surface area contributed by atoms with Gasteiger partial charge in [-0.25, -0.2) is 0 Å². The first-order valence-electron chi connectivity index (χ1n) is 9.00. The number of carboxylic acid groups (broad SMARTS) is 1. The normalized spacial score (nSPS) is 29.4.